The molecule has 2 amide bonds. The number of rotatable bonds is 4. The van der Waals surface area contributed by atoms with Crippen LogP contribution < -0.4 is 0 Å². The molecular formula is C23H21N3O2. The lowest BCUT2D eigenvalue weighted by Crippen LogP contribution is -2.40. The van der Waals surface area contributed by atoms with Crippen molar-refractivity contribution in [1.82, 2.24) is 9.58 Å². The first-order chi connectivity index (χ1) is 13.7. The molecule has 2 bridgehead atoms. The van der Waals surface area contributed by atoms with E-state index in [9.17, 15) is 9.59 Å². The standard InChI is InChI=1S/C23H21N3O2/c1-2-9-25-12-13(14-5-3-4-6-19(14)25)11-24-26-22(27)20-15-7-8-16(18-10-17(15)18)21(20)23(26)28/h2-8,11-12,15-18,20-21H,1,9-10H2/b24-11-/t15-,16-,17-,18-,20+,21+/m0/s1. The van der Waals surface area contributed by atoms with Crippen LogP contribution in [0.4, 0.5) is 0 Å². The van der Waals surface area contributed by atoms with Gasteiger partial charge in [0, 0.05) is 29.2 Å². The Labute approximate surface area is 163 Å². The van der Waals surface area contributed by atoms with E-state index in [2.05, 4.69) is 28.4 Å². The number of hydrogen-bond donors (Lipinski definition) is 0. The molecule has 2 aromatic rings. The zero-order chi connectivity index (χ0) is 19.0. The van der Waals surface area contributed by atoms with Crippen LogP contribution >= 0.6 is 0 Å². The van der Waals surface area contributed by atoms with Gasteiger partial charge in [-0.1, -0.05) is 36.4 Å². The van der Waals surface area contributed by atoms with E-state index >= 15 is 0 Å². The first-order valence-electron chi connectivity index (χ1n) is 9.98. The van der Waals surface area contributed by atoms with E-state index < -0.39 is 0 Å². The first kappa shape index (κ1) is 16.0. The zero-order valence-electron chi connectivity index (χ0n) is 15.4. The molecule has 140 valence electrons. The van der Waals surface area contributed by atoms with Gasteiger partial charge in [-0.25, -0.2) is 0 Å². The summed E-state index contributed by atoms with van der Waals surface area (Å²) in [4.78, 5) is 26.1. The molecule has 1 aromatic carbocycles. The molecule has 7 rings (SSSR count). The van der Waals surface area contributed by atoms with Crippen molar-refractivity contribution in [2.45, 2.75) is 13.0 Å². The summed E-state index contributed by atoms with van der Waals surface area (Å²) >= 11 is 0. The maximum absolute atomic E-state index is 13.0. The molecule has 2 saturated carbocycles. The number of carbonyl (C=O) groups excluding carboxylic acids is 2. The summed E-state index contributed by atoms with van der Waals surface area (Å²) in [6, 6.07) is 8.05. The third-order valence-corrected chi connectivity index (χ3v) is 7.10. The third-order valence-electron chi connectivity index (χ3n) is 7.10. The van der Waals surface area contributed by atoms with Crippen LogP contribution in [-0.4, -0.2) is 27.6 Å². The monoisotopic (exact) mass is 371 g/mol. The van der Waals surface area contributed by atoms with E-state index in [1.165, 1.54) is 6.42 Å². The van der Waals surface area contributed by atoms with Crippen molar-refractivity contribution >= 4 is 28.9 Å². The van der Waals surface area contributed by atoms with Crippen molar-refractivity contribution < 1.29 is 9.59 Å². The molecule has 1 aromatic heterocycles. The molecule has 28 heavy (non-hydrogen) atoms. The fourth-order valence-electron chi connectivity index (χ4n) is 5.84. The van der Waals surface area contributed by atoms with E-state index in [1.54, 1.807) is 6.21 Å². The SMILES string of the molecule is C=CCn1cc(/C=N\N2C(=O)[C@@H]3[C@H]4C=C[C@@H]([C@@H]5C[C@@H]45)[C@H]3C2=O)c2ccccc21. The number of hydrazone groups is 1. The van der Waals surface area contributed by atoms with Gasteiger partial charge in [0.05, 0.1) is 18.1 Å². The number of fused-ring (bicyclic) bond motifs is 1. The molecule has 5 heteroatoms. The van der Waals surface area contributed by atoms with Crippen LogP contribution in [0.15, 0.2) is 60.4 Å². The zero-order valence-corrected chi connectivity index (χ0v) is 15.4. The Morgan fingerprint density at radius 2 is 1.75 bits per heavy atom. The average molecular weight is 371 g/mol. The molecule has 0 N–H and O–H groups in total. The van der Waals surface area contributed by atoms with Gasteiger partial charge in [-0.05, 0) is 36.2 Å². The second-order valence-electron chi connectivity index (χ2n) is 8.43. The van der Waals surface area contributed by atoms with Crippen molar-refractivity contribution in [1.29, 1.82) is 0 Å². The number of aromatic nitrogens is 1. The highest BCUT2D eigenvalue weighted by Crippen LogP contribution is 2.65. The lowest BCUT2D eigenvalue weighted by Gasteiger charge is -2.37. The molecule has 2 heterocycles. The topological polar surface area (TPSA) is 54.7 Å². The Hall–Kier alpha value is -2.95. The fraction of sp³-hybridized carbons (Fsp3) is 0.348. The van der Waals surface area contributed by atoms with Gasteiger partial charge >= 0.3 is 0 Å². The summed E-state index contributed by atoms with van der Waals surface area (Å²) < 4.78 is 2.09. The smallest absolute Gasteiger partial charge is 0.254 e. The lowest BCUT2D eigenvalue weighted by molar-refractivity contribution is -0.140. The third kappa shape index (κ3) is 1.99. The van der Waals surface area contributed by atoms with Crippen molar-refractivity contribution in [2.75, 3.05) is 0 Å². The Morgan fingerprint density at radius 1 is 1.07 bits per heavy atom. The van der Waals surface area contributed by atoms with Crippen LogP contribution in [0.25, 0.3) is 10.9 Å². The molecule has 5 nitrogen and oxygen atoms in total. The summed E-state index contributed by atoms with van der Waals surface area (Å²) in [5, 5.41) is 6.58. The van der Waals surface area contributed by atoms with E-state index in [0.29, 0.717) is 18.4 Å². The maximum Gasteiger partial charge on any atom is 0.254 e. The second-order valence-corrected chi connectivity index (χ2v) is 8.43. The lowest BCUT2D eigenvalue weighted by atomic mass is 9.63. The summed E-state index contributed by atoms with van der Waals surface area (Å²) in [5.74, 6) is 1.02. The van der Waals surface area contributed by atoms with Crippen molar-refractivity contribution in [3.8, 4) is 0 Å². The number of benzene rings is 1. The number of allylic oxidation sites excluding steroid dienone is 3. The molecule has 0 spiro atoms. The van der Waals surface area contributed by atoms with Gasteiger partial charge in [0.25, 0.3) is 11.8 Å². The van der Waals surface area contributed by atoms with Crippen molar-refractivity contribution in [2.24, 2.45) is 40.6 Å². The van der Waals surface area contributed by atoms with E-state index in [1.807, 2.05) is 36.5 Å². The molecule has 1 saturated heterocycles. The Balaban J connectivity index is 1.34. The Morgan fingerprint density at radius 3 is 2.43 bits per heavy atom. The largest absolute Gasteiger partial charge is 0.343 e. The second kappa shape index (κ2) is 5.53. The molecule has 1 aliphatic heterocycles. The van der Waals surface area contributed by atoms with E-state index in [-0.39, 0.29) is 35.5 Å². The molecular weight excluding hydrogens is 350 g/mol. The molecule has 3 fully saturated rings. The number of para-hydroxylation sites is 1. The van der Waals surface area contributed by atoms with Gasteiger partial charge in [-0.3, -0.25) is 9.59 Å². The van der Waals surface area contributed by atoms with Gasteiger partial charge in [-0.15, -0.1) is 6.58 Å². The van der Waals surface area contributed by atoms with Crippen LogP contribution in [0.2, 0.25) is 0 Å². The molecule has 6 atom stereocenters. The summed E-state index contributed by atoms with van der Waals surface area (Å²) in [6.45, 7) is 4.51. The fourth-order valence-corrected chi connectivity index (χ4v) is 5.84. The highest BCUT2D eigenvalue weighted by Gasteiger charge is 2.67. The van der Waals surface area contributed by atoms with Gasteiger partial charge in [0.2, 0.25) is 0 Å². The van der Waals surface area contributed by atoms with Gasteiger partial charge in [0.1, 0.15) is 0 Å². The van der Waals surface area contributed by atoms with Gasteiger partial charge in [0.15, 0.2) is 0 Å². The first-order valence-corrected chi connectivity index (χ1v) is 9.98. The maximum atomic E-state index is 13.0. The molecule has 0 radical (unpaired) electrons. The predicted octanol–water partition coefficient (Wildman–Crippen LogP) is 3.21. The van der Waals surface area contributed by atoms with Gasteiger partial charge in [-0.2, -0.15) is 10.1 Å². The molecule has 4 aliphatic carbocycles. The van der Waals surface area contributed by atoms with Crippen molar-refractivity contribution in [3.05, 3.63) is 60.8 Å². The minimum absolute atomic E-state index is 0.120. The van der Waals surface area contributed by atoms with Crippen LogP contribution in [0.3, 0.4) is 0 Å². The van der Waals surface area contributed by atoms with Crippen LogP contribution in [-0.2, 0) is 16.1 Å². The average Bonchev–Trinajstić information content (AvgIpc) is 3.42. The number of imide groups is 1. The number of carbonyl (C=O) groups is 2. The number of hydrogen-bond acceptors (Lipinski definition) is 3. The Bertz CT molecular complexity index is 1060. The quantitative estimate of drug-likeness (QED) is 0.471. The van der Waals surface area contributed by atoms with Crippen molar-refractivity contribution in [3.63, 3.8) is 0 Å². The van der Waals surface area contributed by atoms with Crippen LogP contribution in [0.5, 0.6) is 0 Å². The number of amides is 2. The summed E-state index contributed by atoms with van der Waals surface area (Å²) in [6.07, 6.45) is 11.0. The highest BCUT2D eigenvalue weighted by molar-refractivity contribution is 6.07. The molecule has 5 aliphatic rings. The van der Waals surface area contributed by atoms with Gasteiger partial charge < -0.3 is 4.57 Å². The minimum Gasteiger partial charge on any atom is -0.343 e. The van der Waals surface area contributed by atoms with E-state index in [4.69, 9.17) is 0 Å². The van der Waals surface area contributed by atoms with Crippen LogP contribution in [0, 0.1) is 35.5 Å². The summed E-state index contributed by atoms with van der Waals surface area (Å²) in [7, 11) is 0. The van der Waals surface area contributed by atoms with Crippen LogP contribution in [0.1, 0.15) is 12.0 Å². The van der Waals surface area contributed by atoms with E-state index in [0.717, 1.165) is 21.5 Å². The Kier molecular flexibility index (Phi) is 3.17. The molecule has 0 unspecified atom stereocenters. The normalized spacial score (nSPS) is 35.1. The number of nitrogens with zero attached hydrogens (tertiary/aromatic N) is 3. The minimum atomic E-state index is -0.203. The summed E-state index contributed by atoms with van der Waals surface area (Å²) in [5.41, 5.74) is 1.98. The predicted molar refractivity (Wildman–Crippen MR) is 106 cm³/mol. The highest BCUT2D eigenvalue weighted by atomic mass is 16.2.